The van der Waals surface area contributed by atoms with Crippen molar-refractivity contribution >= 4 is 6.29 Å². The summed E-state index contributed by atoms with van der Waals surface area (Å²) in [6.45, 7) is 0. The molecule has 0 unspecified atom stereocenters. The van der Waals surface area contributed by atoms with Crippen molar-refractivity contribution in [1.82, 2.24) is 14.9 Å². The largest absolute Gasteiger partial charge is 0.348 e. The first-order valence-electron chi connectivity index (χ1n) is 3.75. The minimum absolute atomic E-state index is 0.189. The van der Waals surface area contributed by atoms with Crippen LogP contribution in [0, 0.1) is 0 Å². The summed E-state index contributed by atoms with van der Waals surface area (Å²) in [5.41, 5.74) is 0.956. The number of nitrogens with zero attached hydrogens (tertiary/aromatic N) is 2. The van der Waals surface area contributed by atoms with E-state index in [0.717, 1.165) is 5.69 Å². The molecule has 4 nitrogen and oxygen atoms in total. The fourth-order valence-corrected chi connectivity index (χ4v) is 0.934. The Kier molecular flexibility index (Phi) is 2.99. The van der Waals surface area contributed by atoms with E-state index in [1.54, 1.807) is 12.5 Å². The standard InChI is InChI=1S/C8H12N3O/c1-11(2)8(5-12)3-7-4-9-6-10-7/h4,6,8H,3H2,1-2H3,(H,9,10)/t8-/m0/s1. The van der Waals surface area contributed by atoms with Gasteiger partial charge in [-0.05, 0) is 14.1 Å². The maximum atomic E-state index is 10.5. The van der Waals surface area contributed by atoms with Crippen LogP contribution in [0.3, 0.4) is 0 Å². The van der Waals surface area contributed by atoms with Gasteiger partial charge >= 0.3 is 0 Å². The van der Waals surface area contributed by atoms with E-state index in [4.69, 9.17) is 0 Å². The number of carbonyl (C=O) groups excluding carboxylic acids is 1. The van der Waals surface area contributed by atoms with Gasteiger partial charge < -0.3 is 4.98 Å². The maximum Gasteiger partial charge on any atom is 0.217 e. The zero-order valence-corrected chi connectivity index (χ0v) is 7.24. The average Bonchev–Trinajstić information content (AvgIpc) is 2.51. The summed E-state index contributed by atoms with van der Waals surface area (Å²) >= 11 is 0. The van der Waals surface area contributed by atoms with Gasteiger partial charge in [0.25, 0.3) is 0 Å². The highest BCUT2D eigenvalue weighted by Crippen LogP contribution is 2.00. The van der Waals surface area contributed by atoms with E-state index in [9.17, 15) is 4.79 Å². The fraction of sp³-hybridized carbons (Fsp3) is 0.500. The third kappa shape index (κ3) is 2.17. The molecule has 12 heavy (non-hydrogen) atoms. The van der Waals surface area contributed by atoms with Gasteiger partial charge in [-0.1, -0.05) is 0 Å². The molecule has 1 rings (SSSR count). The van der Waals surface area contributed by atoms with Gasteiger partial charge in [0, 0.05) is 18.3 Å². The highest BCUT2D eigenvalue weighted by molar-refractivity contribution is 5.58. The van der Waals surface area contributed by atoms with Gasteiger partial charge in [-0.25, -0.2) is 4.98 Å². The lowest BCUT2D eigenvalue weighted by Gasteiger charge is -2.15. The molecule has 0 aliphatic heterocycles. The summed E-state index contributed by atoms with van der Waals surface area (Å²) in [5.74, 6) is 0. The van der Waals surface area contributed by atoms with Gasteiger partial charge in [-0.15, -0.1) is 0 Å². The van der Waals surface area contributed by atoms with Crippen LogP contribution in [0.1, 0.15) is 5.69 Å². The molecule has 0 fully saturated rings. The molecule has 1 heterocycles. The maximum absolute atomic E-state index is 10.5. The zero-order chi connectivity index (χ0) is 8.97. The first kappa shape index (κ1) is 8.93. The van der Waals surface area contributed by atoms with E-state index in [2.05, 4.69) is 9.97 Å². The predicted octanol–water partition coefficient (Wildman–Crippen LogP) is -0.00790. The second-order valence-electron chi connectivity index (χ2n) is 2.88. The van der Waals surface area contributed by atoms with Crippen LogP contribution in [0.2, 0.25) is 0 Å². The van der Waals surface area contributed by atoms with Crippen molar-refractivity contribution in [2.45, 2.75) is 12.5 Å². The molecule has 0 saturated heterocycles. The monoisotopic (exact) mass is 166 g/mol. The number of rotatable bonds is 4. The molecule has 1 N–H and O–H groups in total. The number of imidazole rings is 1. The number of aromatic amines is 1. The van der Waals surface area contributed by atoms with E-state index in [-0.39, 0.29) is 6.04 Å². The SMILES string of the molecule is CN(C)[C@H]([C]=O)Cc1cnc[nH]1. The first-order chi connectivity index (χ1) is 5.74. The Morgan fingerprint density at radius 2 is 2.50 bits per heavy atom. The Morgan fingerprint density at radius 1 is 1.75 bits per heavy atom. The molecule has 0 aromatic carbocycles. The summed E-state index contributed by atoms with van der Waals surface area (Å²) in [5, 5.41) is 0. The lowest BCUT2D eigenvalue weighted by atomic mass is 10.2. The van der Waals surface area contributed by atoms with Gasteiger partial charge in [-0.3, -0.25) is 9.69 Å². The van der Waals surface area contributed by atoms with Gasteiger partial charge in [0.2, 0.25) is 6.29 Å². The van der Waals surface area contributed by atoms with Crippen molar-refractivity contribution < 1.29 is 4.79 Å². The molecule has 65 valence electrons. The molecule has 1 radical (unpaired) electrons. The topological polar surface area (TPSA) is 49.0 Å². The Bertz CT molecular complexity index is 230. The van der Waals surface area contributed by atoms with Crippen molar-refractivity contribution in [3.63, 3.8) is 0 Å². The number of likely N-dealkylation sites (N-methyl/N-ethyl adjacent to an activating group) is 1. The normalized spacial score (nSPS) is 13.2. The third-order valence-electron chi connectivity index (χ3n) is 1.73. The van der Waals surface area contributed by atoms with Crippen molar-refractivity contribution in [2.24, 2.45) is 0 Å². The third-order valence-corrected chi connectivity index (χ3v) is 1.73. The molecular formula is C8H12N3O. The van der Waals surface area contributed by atoms with E-state index in [1.807, 2.05) is 25.3 Å². The van der Waals surface area contributed by atoms with Crippen molar-refractivity contribution in [3.05, 3.63) is 18.2 Å². The average molecular weight is 166 g/mol. The Morgan fingerprint density at radius 3 is 2.92 bits per heavy atom. The summed E-state index contributed by atoms with van der Waals surface area (Å²) in [6, 6.07) is -0.189. The minimum atomic E-state index is -0.189. The molecule has 0 bridgehead atoms. The first-order valence-corrected chi connectivity index (χ1v) is 3.75. The number of hydrogen-bond acceptors (Lipinski definition) is 3. The highest BCUT2D eigenvalue weighted by atomic mass is 16.1. The van der Waals surface area contributed by atoms with Crippen LogP contribution in [0.15, 0.2) is 12.5 Å². The zero-order valence-electron chi connectivity index (χ0n) is 7.24. The Balaban J connectivity index is 2.54. The van der Waals surface area contributed by atoms with Crippen LogP contribution in [-0.2, 0) is 11.2 Å². The molecule has 0 amide bonds. The minimum Gasteiger partial charge on any atom is -0.348 e. The molecule has 0 aliphatic carbocycles. The lowest BCUT2D eigenvalue weighted by Crippen LogP contribution is -2.31. The molecule has 0 saturated carbocycles. The smallest absolute Gasteiger partial charge is 0.217 e. The summed E-state index contributed by atoms with van der Waals surface area (Å²) in [4.78, 5) is 19.1. The van der Waals surface area contributed by atoms with Crippen LogP contribution in [-0.4, -0.2) is 41.3 Å². The molecule has 1 aromatic rings. The van der Waals surface area contributed by atoms with Gasteiger partial charge in [0.05, 0.1) is 12.4 Å². The van der Waals surface area contributed by atoms with Crippen molar-refractivity contribution in [1.29, 1.82) is 0 Å². The van der Waals surface area contributed by atoms with Crippen LogP contribution >= 0.6 is 0 Å². The van der Waals surface area contributed by atoms with Crippen molar-refractivity contribution in [3.8, 4) is 0 Å². The Hall–Kier alpha value is -1.16. The van der Waals surface area contributed by atoms with Gasteiger partial charge in [0.1, 0.15) is 0 Å². The second kappa shape index (κ2) is 4.01. The fourth-order valence-electron chi connectivity index (χ4n) is 0.934. The van der Waals surface area contributed by atoms with Gasteiger partial charge in [-0.2, -0.15) is 0 Å². The predicted molar refractivity (Wildman–Crippen MR) is 45.5 cm³/mol. The van der Waals surface area contributed by atoms with E-state index >= 15 is 0 Å². The summed E-state index contributed by atoms with van der Waals surface area (Å²) in [6.07, 6.45) is 5.92. The Labute approximate surface area is 71.6 Å². The molecule has 0 aliphatic rings. The number of nitrogens with one attached hydrogen (secondary N) is 1. The highest BCUT2D eigenvalue weighted by Gasteiger charge is 2.11. The second-order valence-corrected chi connectivity index (χ2v) is 2.88. The lowest BCUT2D eigenvalue weighted by molar-refractivity contribution is 0.345. The molecule has 4 heteroatoms. The van der Waals surface area contributed by atoms with E-state index in [0.29, 0.717) is 6.42 Å². The summed E-state index contributed by atoms with van der Waals surface area (Å²) < 4.78 is 0. The van der Waals surface area contributed by atoms with Crippen LogP contribution in [0.25, 0.3) is 0 Å². The number of aromatic nitrogens is 2. The van der Waals surface area contributed by atoms with Gasteiger partial charge in [0.15, 0.2) is 0 Å². The molecule has 1 atom stereocenters. The van der Waals surface area contributed by atoms with Crippen LogP contribution < -0.4 is 0 Å². The molecule has 0 spiro atoms. The van der Waals surface area contributed by atoms with E-state index < -0.39 is 0 Å². The van der Waals surface area contributed by atoms with Crippen LogP contribution in [0.5, 0.6) is 0 Å². The van der Waals surface area contributed by atoms with Crippen LogP contribution in [0.4, 0.5) is 0 Å². The van der Waals surface area contributed by atoms with E-state index in [1.165, 1.54) is 0 Å². The number of hydrogen-bond donors (Lipinski definition) is 1. The molecular weight excluding hydrogens is 154 g/mol. The molecule has 1 aromatic heterocycles. The van der Waals surface area contributed by atoms with Crippen molar-refractivity contribution in [2.75, 3.05) is 14.1 Å². The quantitative estimate of drug-likeness (QED) is 0.684. The number of H-pyrrole nitrogens is 1. The summed E-state index contributed by atoms with van der Waals surface area (Å²) in [7, 11) is 3.71.